The molecular weight excluding hydrogens is 236 g/mol. The molecule has 0 heterocycles. The number of aliphatic hydroxyl groups is 1. The molecule has 18 heavy (non-hydrogen) atoms. The molecule has 2 nitrogen and oxygen atoms in total. The minimum absolute atomic E-state index is 0.0233. The molecule has 0 spiro atoms. The highest BCUT2D eigenvalue weighted by Crippen LogP contribution is 2.34. The molecule has 1 saturated carbocycles. The maximum absolute atomic E-state index is 13.4. The van der Waals surface area contributed by atoms with Crippen molar-refractivity contribution >= 4 is 0 Å². The van der Waals surface area contributed by atoms with Crippen LogP contribution in [-0.2, 0) is 0 Å². The summed E-state index contributed by atoms with van der Waals surface area (Å²) in [6.45, 7) is 2.41. The van der Waals surface area contributed by atoms with Crippen LogP contribution in [0.4, 0.5) is 8.78 Å². The highest BCUT2D eigenvalue weighted by atomic mass is 19.1. The van der Waals surface area contributed by atoms with Crippen molar-refractivity contribution in [3.05, 3.63) is 35.4 Å². The molecule has 1 fully saturated rings. The molecule has 0 radical (unpaired) electrons. The third kappa shape index (κ3) is 3.27. The topological polar surface area (TPSA) is 32.3 Å². The SMILES string of the molecule is CCCC1CC1NCC(O)c1cc(F)ccc1F. The van der Waals surface area contributed by atoms with Crippen LogP contribution >= 0.6 is 0 Å². The second-order valence-corrected chi connectivity index (χ2v) is 4.98. The van der Waals surface area contributed by atoms with Gasteiger partial charge in [-0.1, -0.05) is 13.3 Å². The third-order valence-electron chi connectivity index (χ3n) is 3.47. The van der Waals surface area contributed by atoms with Crippen molar-refractivity contribution in [2.24, 2.45) is 5.92 Å². The monoisotopic (exact) mass is 255 g/mol. The van der Waals surface area contributed by atoms with Crippen LogP contribution in [0.1, 0.15) is 37.9 Å². The van der Waals surface area contributed by atoms with E-state index in [-0.39, 0.29) is 12.1 Å². The molecule has 1 aliphatic rings. The number of halogens is 2. The average Bonchev–Trinajstić information content (AvgIpc) is 3.08. The fourth-order valence-corrected chi connectivity index (χ4v) is 2.33. The summed E-state index contributed by atoms with van der Waals surface area (Å²) in [5.74, 6) is -0.410. The maximum Gasteiger partial charge on any atom is 0.129 e. The Morgan fingerprint density at radius 2 is 2.22 bits per heavy atom. The first kappa shape index (κ1) is 13.4. The number of nitrogens with one attached hydrogen (secondary N) is 1. The molecule has 1 aliphatic carbocycles. The van der Waals surface area contributed by atoms with Crippen LogP contribution in [0.25, 0.3) is 0 Å². The molecule has 1 aromatic carbocycles. The first-order chi connectivity index (χ1) is 8.61. The predicted octanol–water partition coefficient (Wildman–Crippen LogP) is 2.78. The Morgan fingerprint density at radius 1 is 1.44 bits per heavy atom. The highest BCUT2D eigenvalue weighted by molar-refractivity contribution is 5.21. The van der Waals surface area contributed by atoms with Crippen molar-refractivity contribution in [1.82, 2.24) is 5.32 Å². The van der Waals surface area contributed by atoms with Gasteiger partial charge in [-0.25, -0.2) is 8.78 Å². The number of rotatable bonds is 6. The molecular formula is C14H19F2NO. The molecule has 1 aromatic rings. The van der Waals surface area contributed by atoms with Crippen molar-refractivity contribution in [3.8, 4) is 0 Å². The average molecular weight is 255 g/mol. The molecule has 0 amide bonds. The van der Waals surface area contributed by atoms with Gasteiger partial charge in [0.25, 0.3) is 0 Å². The van der Waals surface area contributed by atoms with E-state index < -0.39 is 17.7 Å². The van der Waals surface area contributed by atoms with Crippen LogP contribution in [0.5, 0.6) is 0 Å². The van der Waals surface area contributed by atoms with Crippen molar-refractivity contribution < 1.29 is 13.9 Å². The summed E-state index contributed by atoms with van der Waals surface area (Å²) >= 11 is 0. The van der Waals surface area contributed by atoms with Crippen LogP contribution < -0.4 is 5.32 Å². The van der Waals surface area contributed by atoms with Crippen LogP contribution in [0.3, 0.4) is 0 Å². The van der Waals surface area contributed by atoms with Gasteiger partial charge in [0.05, 0.1) is 6.10 Å². The van der Waals surface area contributed by atoms with Gasteiger partial charge in [0.2, 0.25) is 0 Å². The van der Waals surface area contributed by atoms with Crippen LogP contribution in [0.2, 0.25) is 0 Å². The van der Waals surface area contributed by atoms with Crippen molar-refractivity contribution in [3.63, 3.8) is 0 Å². The lowest BCUT2D eigenvalue weighted by molar-refractivity contribution is 0.168. The molecule has 0 bridgehead atoms. The Kier molecular flexibility index (Phi) is 4.30. The summed E-state index contributed by atoms with van der Waals surface area (Å²) in [7, 11) is 0. The Morgan fingerprint density at radius 3 is 2.94 bits per heavy atom. The number of aliphatic hydroxyl groups excluding tert-OH is 1. The minimum atomic E-state index is -0.997. The Balaban J connectivity index is 1.84. The predicted molar refractivity (Wildman–Crippen MR) is 66.1 cm³/mol. The standard InChI is InChI=1S/C14H19F2NO/c1-2-3-9-6-13(9)17-8-14(18)11-7-10(15)4-5-12(11)16/h4-5,7,9,13-14,17-18H,2-3,6,8H2,1H3. The van der Waals surface area contributed by atoms with E-state index in [4.69, 9.17) is 0 Å². The van der Waals surface area contributed by atoms with Crippen molar-refractivity contribution in [2.75, 3.05) is 6.54 Å². The van der Waals surface area contributed by atoms with Gasteiger partial charge in [0, 0.05) is 18.2 Å². The number of hydrogen-bond donors (Lipinski definition) is 2. The van der Waals surface area contributed by atoms with E-state index >= 15 is 0 Å². The van der Waals surface area contributed by atoms with Gasteiger partial charge in [-0.15, -0.1) is 0 Å². The second-order valence-electron chi connectivity index (χ2n) is 4.98. The first-order valence-electron chi connectivity index (χ1n) is 6.48. The van der Waals surface area contributed by atoms with Crippen LogP contribution in [0, 0.1) is 17.6 Å². The zero-order chi connectivity index (χ0) is 13.1. The molecule has 4 heteroatoms. The maximum atomic E-state index is 13.4. The van der Waals surface area contributed by atoms with Crippen molar-refractivity contribution in [1.29, 1.82) is 0 Å². The Bertz CT molecular complexity index is 411. The third-order valence-corrected chi connectivity index (χ3v) is 3.47. The Hall–Kier alpha value is -1.00. The van der Waals surface area contributed by atoms with E-state index in [9.17, 15) is 13.9 Å². The van der Waals surface area contributed by atoms with E-state index in [1.807, 2.05) is 0 Å². The molecule has 0 aromatic heterocycles. The zero-order valence-electron chi connectivity index (χ0n) is 10.5. The lowest BCUT2D eigenvalue weighted by Crippen LogP contribution is -2.25. The molecule has 2 rings (SSSR count). The quantitative estimate of drug-likeness (QED) is 0.819. The fourth-order valence-electron chi connectivity index (χ4n) is 2.33. The summed E-state index contributed by atoms with van der Waals surface area (Å²) in [5.41, 5.74) is 0.0233. The van der Waals surface area contributed by atoms with Gasteiger partial charge in [-0.05, 0) is 37.0 Å². The summed E-state index contributed by atoms with van der Waals surface area (Å²) in [6, 6.07) is 3.58. The highest BCUT2D eigenvalue weighted by Gasteiger charge is 2.35. The van der Waals surface area contributed by atoms with Crippen LogP contribution in [0.15, 0.2) is 18.2 Å². The summed E-state index contributed by atoms with van der Waals surface area (Å²) in [6.07, 6.45) is 2.46. The van der Waals surface area contributed by atoms with E-state index in [1.165, 1.54) is 6.42 Å². The summed E-state index contributed by atoms with van der Waals surface area (Å²) in [5, 5.41) is 13.0. The lowest BCUT2D eigenvalue weighted by Gasteiger charge is -2.13. The molecule has 100 valence electrons. The minimum Gasteiger partial charge on any atom is -0.387 e. The van der Waals surface area contributed by atoms with E-state index in [1.54, 1.807) is 0 Å². The smallest absolute Gasteiger partial charge is 0.129 e. The lowest BCUT2D eigenvalue weighted by atomic mass is 10.1. The van der Waals surface area contributed by atoms with Crippen molar-refractivity contribution in [2.45, 2.75) is 38.3 Å². The second kappa shape index (κ2) is 5.76. The van der Waals surface area contributed by atoms with E-state index in [0.29, 0.717) is 12.0 Å². The molecule has 2 N–H and O–H groups in total. The van der Waals surface area contributed by atoms with Gasteiger partial charge in [0.15, 0.2) is 0 Å². The van der Waals surface area contributed by atoms with Gasteiger partial charge in [0.1, 0.15) is 11.6 Å². The van der Waals surface area contributed by atoms with Gasteiger partial charge in [-0.2, -0.15) is 0 Å². The Labute approximate surface area is 106 Å². The number of benzene rings is 1. The fraction of sp³-hybridized carbons (Fsp3) is 0.571. The molecule has 0 aliphatic heterocycles. The first-order valence-corrected chi connectivity index (χ1v) is 6.48. The van der Waals surface area contributed by atoms with Gasteiger partial charge < -0.3 is 10.4 Å². The number of hydrogen-bond acceptors (Lipinski definition) is 2. The molecule has 3 atom stereocenters. The van der Waals surface area contributed by atoms with E-state index in [0.717, 1.165) is 31.0 Å². The van der Waals surface area contributed by atoms with Gasteiger partial charge in [-0.3, -0.25) is 0 Å². The zero-order valence-corrected chi connectivity index (χ0v) is 10.5. The molecule has 0 saturated heterocycles. The normalized spacial score (nSPS) is 24.0. The van der Waals surface area contributed by atoms with Crippen LogP contribution in [-0.4, -0.2) is 17.7 Å². The molecule has 3 unspecified atom stereocenters. The van der Waals surface area contributed by atoms with E-state index in [2.05, 4.69) is 12.2 Å². The summed E-state index contributed by atoms with van der Waals surface area (Å²) in [4.78, 5) is 0. The van der Waals surface area contributed by atoms with Gasteiger partial charge >= 0.3 is 0 Å². The largest absolute Gasteiger partial charge is 0.387 e. The summed E-state index contributed by atoms with van der Waals surface area (Å²) < 4.78 is 26.4.